The van der Waals surface area contributed by atoms with Crippen molar-refractivity contribution in [2.24, 2.45) is 5.92 Å². The summed E-state index contributed by atoms with van der Waals surface area (Å²) in [6.45, 7) is 3.65. The van der Waals surface area contributed by atoms with Crippen LogP contribution in [0.4, 0.5) is 4.39 Å². The predicted molar refractivity (Wildman–Crippen MR) is 109 cm³/mol. The summed E-state index contributed by atoms with van der Waals surface area (Å²) in [7, 11) is -3.84. The zero-order chi connectivity index (χ0) is 22.4. The van der Waals surface area contributed by atoms with Crippen molar-refractivity contribution in [2.75, 3.05) is 6.54 Å². The van der Waals surface area contributed by atoms with Gasteiger partial charge in [0.1, 0.15) is 11.9 Å². The zero-order valence-electron chi connectivity index (χ0n) is 16.9. The maximum absolute atomic E-state index is 13.0. The Morgan fingerprint density at radius 1 is 1.19 bits per heavy atom. The van der Waals surface area contributed by atoms with Gasteiger partial charge in [-0.15, -0.1) is 0 Å². The maximum atomic E-state index is 13.0. The minimum Gasteiger partial charge on any atom is -0.344 e. The highest BCUT2D eigenvalue weighted by Gasteiger charge is 2.25. The van der Waals surface area contributed by atoms with E-state index in [1.165, 1.54) is 0 Å². The molecule has 0 spiro atoms. The highest BCUT2D eigenvalue weighted by molar-refractivity contribution is 7.89. The summed E-state index contributed by atoms with van der Waals surface area (Å²) in [5.41, 5.74) is 0.682. The van der Waals surface area contributed by atoms with Gasteiger partial charge in [-0.25, -0.2) is 17.5 Å². The Bertz CT molecular complexity index is 1120. The van der Waals surface area contributed by atoms with Crippen molar-refractivity contribution in [3.8, 4) is 11.4 Å². The van der Waals surface area contributed by atoms with Gasteiger partial charge in [0.25, 0.3) is 0 Å². The predicted octanol–water partition coefficient (Wildman–Crippen LogP) is 2.45. The number of nitrogens with one attached hydrogen (secondary N) is 2. The second-order valence-electron chi connectivity index (χ2n) is 7.09. The Hall–Kier alpha value is -3.18. The number of rotatable bonds is 9. The van der Waals surface area contributed by atoms with Gasteiger partial charge in [-0.2, -0.15) is 4.98 Å². The van der Waals surface area contributed by atoms with E-state index in [1.807, 2.05) is 13.8 Å². The molecule has 11 heteroatoms. The molecule has 0 bridgehead atoms. The van der Waals surface area contributed by atoms with E-state index in [-0.39, 0.29) is 35.6 Å². The maximum Gasteiger partial charge on any atom is 0.249 e. The first-order valence-electron chi connectivity index (χ1n) is 9.55. The quantitative estimate of drug-likeness (QED) is 0.516. The van der Waals surface area contributed by atoms with Gasteiger partial charge in [-0.05, 0) is 42.3 Å². The summed E-state index contributed by atoms with van der Waals surface area (Å²) in [6, 6.07) is 7.41. The molecular weight excluding hydrogens is 425 g/mol. The fraction of sp³-hybridized carbons (Fsp3) is 0.300. The second kappa shape index (κ2) is 9.75. The number of carbonyl (C=O) groups is 1. The molecule has 9 nitrogen and oxygen atoms in total. The van der Waals surface area contributed by atoms with Crippen molar-refractivity contribution >= 4 is 15.9 Å². The summed E-state index contributed by atoms with van der Waals surface area (Å²) in [4.78, 5) is 20.7. The fourth-order valence-corrected chi connectivity index (χ4v) is 3.76. The molecule has 0 aliphatic carbocycles. The lowest BCUT2D eigenvalue weighted by atomic mass is 10.0. The molecule has 0 fully saturated rings. The lowest BCUT2D eigenvalue weighted by Crippen LogP contribution is -2.35. The smallest absolute Gasteiger partial charge is 0.249 e. The number of aromatic nitrogens is 3. The lowest BCUT2D eigenvalue weighted by molar-refractivity contribution is -0.122. The normalized spacial score (nSPS) is 12.6. The molecule has 1 aromatic carbocycles. The summed E-state index contributed by atoms with van der Waals surface area (Å²) in [6.07, 6.45) is 3.13. The van der Waals surface area contributed by atoms with Gasteiger partial charge in [0.2, 0.25) is 27.6 Å². The third-order valence-corrected chi connectivity index (χ3v) is 5.86. The topological polar surface area (TPSA) is 127 Å². The fourth-order valence-electron chi connectivity index (χ4n) is 2.73. The van der Waals surface area contributed by atoms with Gasteiger partial charge in [0, 0.05) is 30.9 Å². The number of nitrogens with zero attached hydrogens (tertiary/aromatic N) is 3. The number of halogens is 1. The van der Waals surface area contributed by atoms with Crippen molar-refractivity contribution in [3.05, 3.63) is 60.5 Å². The highest BCUT2D eigenvalue weighted by atomic mass is 32.2. The molecule has 0 aliphatic heterocycles. The molecule has 3 rings (SSSR count). The van der Waals surface area contributed by atoms with E-state index in [0.29, 0.717) is 11.4 Å². The van der Waals surface area contributed by atoms with Crippen molar-refractivity contribution in [3.63, 3.8) is 0 Å². The second-order valence-corrected chi connectivity index (χ2v) is 8.86. The summed E-state index contributed by atoms with van der Waals surface area (Å²) in [5, 5.41) is 6.73. The minimum atomic E-state index is -3.84. The average molecular weight is 447 g/mol. The molecule has 2 N–H and O–H groups in total. The number of pyridine rings is 1. The average Bonchev–Trinajstić information content (AvgIpc) is 3.22. The molecule has 2 heterocycles. The first-order valence-corrected chi connectivity index (χ1v) is 11.0. The van der Waals surface area contributed by atoms with Crippen LogP contribution in [0.2, 0.25) is 0 Å². The van der Waals surface area contributed by atoms with Crippen LogP contribution >= 0.6 is 0 Å². The van der Waals surface area contributed by atoms with E-state index >= 15 is 0 Å². The Labute approximate surface area is 179 Å². The summed E-state index contributed by atoms with van der Waals surface area (Å²) < 4.78 is 45.0. The molecular formula is C20H22FN5O4S. The first-order chi connectivity index (χ1) is 14.8. The standard InChI is InChI=1S/C20H22FN5O4S/c1-13(2)18(20-25-19(26-30-20)14-4-3-10-22-12-14)24-17(27)9-11-23-31(28,29)16-7-5-15(21)6-8-16/h3-8,10,12-13,18,23H,9,11H2,1-2H3,(H,24,27). The van der Waals surface area contributed by atoms with E-state index in [4.69, 9.17) is 4.52 Å². The van der Waals surface area contributed by atoms with E-state index in [0.717, 1.165) is 24.3 Å². The zero-order valence-corrected chi connectivity index (χ0v) is 17.8. The van der Waals surface area contributed by atoms with E-state index in [1.54, 1.807) is 24.5 Å². The van der Waals surface area contributed by atoms with Crippen LogP contribution in [0.5, 0.6) is 0 Å². The van der Waals surface area contributed by atoms with Crippen LogP contribution in [0.25, 0.3) is 11.4 Å². The molecule has 164 valence electrons. The van der Waals surface area contributed by atoms with Gasteiger partial charge in [0.05, 0.1) is 4.90 Å². The number of hydrogen-bond acceptors (Lipinski definition) is 7. The van der Waals surface area contributed by atoms with Crippen LogP contribution in [-0.2, 0) is 14.8 Å². The first kappa shape index (κ1) is 22.5. The van der Waals surface area contributed by atoms with E-state index < -0.39 is 21.9 Å². The van der Waals surface area contributed by atoms with Crippen molar-refractivity contribution in [1.29, 1.82) is 0 Å². The monoisotopic (exact) mass is 447 g/mol. The van der Waals surface area contributed by atoms with Crippen LogP contribution < -0.4 is 10.0 Å². The molecule has 2 aromatic heterocycles. The van der Waals surface area contributed by atoms with Gasteiger partial charge in [-0.1, -0.05) is 19.0 Å². The summed E-state index contributed by atoms with van der Waals surface area (Å²) >= 11 is 0. The van der Waals surface area contributed by atoms with Crippen molar-refractivity contribution in [2.45, 2.75) is 31.2 Å². The molecule has 1 amide bonds. The van der Waals surface area contributed by atoms with Crippen LogP contribution in [0.3, 0.4) is 0 Å². The number of carbonyl (C=O) groups excluding carboxylic acids is 1. The molecule has 0 saturated heterocycles. The minimum absolute atomic E-state index is 0.0537. The number of sulfonamides is 1. The van der Waals surface area contributed by atoms with Crippen molar-refractivity contribution < 1.29 is 22.1 Å². The Morgan fingerprint density at radius 2 is 1.94 bits per heavy atom. The van der Waals surface area contributed by atoms with Crippen molar-refractivity contribution in [1.82, 2.24) is 25.2 Å². The third kappa shape index (κ3) is 5.92. The molecule has 0 aliphatic rings. The molecule has 1 unspecified atom stereocenters. The molecule has 0 radical (unpaired) electrons. The largest absolute Gasteiger partial charge is 0.344 e. The summed E-state index contributed by atoms with van der Waals surface area (Å²) in [5.74, 6) is -0.376. The van der Waals surface area contributed by atoms with Crippen LogP contribution in [-0.4, -0.2) is 36.0 Å². The van der Waals surface area contributed by atoms with Crippen LogP contribution in [0.15, 0.2) is 58.2 Å². The Balaban J connectivity index is 1.59. The third-order valence-electron chi connectivity index (χ3n) is 4.38. The molecule has 1 atom stereocenters. The van der Waals surface area contributed by atoms with Gasteiger partial charge in [-0.3, -0.25) is 9.78 Å². The number of amides is 1. The highest BCUT2D eigenvalue weighted by Crippen LogP contribution is 2.23. The van der Waals surface area contributed by atoms with Crippen LogP contribution in [0.1, 0.15) is 32.2 Å². The van der Waals surface area contributed by atoms with Gasteiger partial charge >= 0.3 is 0 Å². The number of hydrogen-bond donors (Lipinski definition) is 2. The lowest BCUT2D eigenvalue weighted by Gasteiger charge is -2.18. The molecule has 3 aromatic rings. The van der Waals surface area contributed by atoms with E-state index in [2.05, 4.69) is 25.2 Å². The molecule has 0 saturated carbocycles. The number of benzene rings is 1. The Morgan fingerprint density at radius 3 is 2.58 bits per heavy atom. The van der Waals surface area contributed by atoms with Crippen LogP contribution in [0, 0.1) is 11.7 Å². The van der Waals surface area contributed by atoms with Gasteiger partial charge in [0.15, 0.2) is 0 Å². The van der Waals surface area contributed by atoms with E-state index in [9.17, 15) is 17.6 Å². The Kier molecular flexibility index (Phi) is 7.08. The van der Waals surface area contributed by atoms with Gasteiger partial charge < -0.3 is 9.84 Å². The molecule has 31 heavy (non-hydrogen) atoms. The SMILES string of the molecule is CC(C)C(NC(=O)CCNS(=O)(=O)c1ccc(F)cc1)c1nc(-c2cccnc2)no1.